The maximum atomic E-state index is 13.1. The summed E-state index contributed by atoms with van der Waals surface area (Å²) in [5.41, 5.74) is -1.59. The van der Waals surface area contributed by atoms with Crippen molar-refractivity contribution in [3.05, 3.63) is 35.4 Å². The SMILES string of the molecule is C[N+](C)(CC(=O)c1ccc(C(=O)C[N+](C)(C)CC2CCCCC2(O)C#N)cc1)CC1CCCCC1(O)C#N.[Br-].[Br-]. The first kappa shape index (κ1) is 36.4. The lowest BCUT2D eigenvalue weighted by molar-refractivity contribution is -0.886. The molecule has 222 valence electrons. The van der Waals surface area contributed by atoms with Crippen LogP contribution in [-0.2, 0) is 0 Å². The van der Waals surface area contributed by atoms with Gasteiger partial charge in [0, 0.05) is 11.1 Å². The van der Waals surface area contributed by atoms with Crippen molar-refractivity contribution in [1.29, 1.82) is 10.5 Å². The molecule has 1 aromatic carbocycles. The van der Waals surface area contributed by atoms with Gasteiger partial charge in [-0.1, -0.05) is 37.1 Å². The lowest BCUT2D eigenvalue weighted by Crippen LogP contribution is -3.00. The smallest absolute Gasteiger partial charge is 0.216 e. The summed E-state index contributed by atoms with van der Waals surface area (Å²) < 4.78 is 0.742. The van der Waals surface area contributed by atoms with Crippen LogP contribution in [0.1, 0.15) is 72.1 Å². The van der Waals surface area contributed by atoms with Gasteiger partial charge in [-0.3, -0.25) is 9.59 Å². The van der Waals surface area contributed by atoms with Gasteiger partial charge < -0.3 is 53.1 Å². The van der Waals surface area contributed by atoms with Gasteiger partial charge in [0.15, 0.2) is 11.2 Å². The van der Waals surface area contributed by atoms with Crippen molar-refractivity contribution in [1.82, 2.24) is 0 Å². The number of carbonyl (C=O) groups is 2. The summed E-state index contributed by atoms with van der Waals surface area (Å²) in [5, 5.41) is 40.5. The maximum absolute atomic E-state index is 13.1. The zero-order valence-corrected chi connectivity index (χ0v) is 27.4. The molecule has 0 radical (unpaired) electrons. The third kappa shape index (κ3) is 9.17. The van der Waals surface area contributed by atoms with Crippen LogP contribution in [0.15, 0.2) is 24.3 Å². The van der Waals surface area contributed by atoms with Gasteiger partial charge in [0.25, 0.3) is 0 Å². The first-order chi connectivity index (χ1) is 17.7. The highest BCUT2D eigenvalue weighted by atomic mass is 79.9. The fourth-order valence-corrected chi connectivity index (χ4v) is 6.36. The predicted molar refractivity (Wildman–Crippen MR) is 144 cm³/mol. The molecule has 2 N–H and O–H groups in total. The van der Waals surface area contributed by atoms with E-state index in [-0.39, 0.29) is 70.5 Å². The fraction of sp³-hybridized carbons (Fsp3) is 0.667. The molecular weight excluding hydrogens is 640 g/mol. The van der Waals surface area contributed by atoms with E-state index in [4.69, 9.17) is 0 Å². The number of carbonyl (C=O) groups excluding carboxylic acids is 2. The number of Topliss-reactive ketones (excluding diaryl/α,β-unsaturated/α-hetero) is 2. The number of benzene rings is 1. The van der Waals surface area contributed by atoms with Crippen molar-refractivity contribution in [2.75, 3.05) is 54.4 Å². The lowest BCUT2D eigenvalue weighted by atomic mass is 9.75. The summed E-state index contributed by atoms with van der Waals surface area (Å²) in [6.07, 6.45) is 6.17. The van der Waals surface area contributed by atoms with Gasteiger partial charge in [0.05, 0.1) is 65.3 Å². The van der Waals surface area contributed by atoms with E-state index in [0.29, 0.717) is 46.0 Å². The van der Waals surface area contributed by atoms with Crippen LogP contribution in [0.5, 0.6) is 0 Å². The molecule has 4 unspecified atom stereocenters. The summed E-state index contributed by atoms with van der Waals surface area (Å²) >= 11 is 0. The third-order valence-corrected chi connectivity index (χ3v) is 8.56. The monoisotopic (exact) mass is 682 g/mol. The summed E-state index contributed by atoms with van der Waals surface area (Å²) in [5.74, 6) is -0.421. The lowest BCUT2D eigenvalue weighted by Gasteiger charge is -2.40. The molecule has 0 amide bonds. The van der Waals surface area contributed by atoms with Crippen LogP contribution >= 0.6 is 0 Å². The number of quaternary nitrogens is 2. The zero-order valence-electron chi connectivity index (χ0n) is 24.2. The van der Waals surface area contributed by atoms with Crippen molar-refractivity contribution in [3.63, 3.8) is 0 Å². The minimum Gasteiger partial charge on any atom is -1.00 e. The molecule has 0 spiro atoms. The van der Waals surface area contributed by atoms with Crippen molar-refractivity contribution in [2.45, 2.75) is 62.6 Å². The molecule has 2 fully saturated rings. The second-order valence-corrected chi connectivity index (χ2v) is 12.9. The van der Waals surface area contributed by atoms with E-state index in [1.807, 2.05) is 28.2 Å². The van der Waals surface area contributed by atoms with Crippen LogP contribution < -0.4 is 34.0 Å². The fourth-order valence-electron chi connectivity index (χ4n) is 6.36. The number of hydrogen-bond donors (Lipinski definition) is 2. The van der Waals surface area contributed by atoms with Crippen LogP contribution in [0.25, 0.3) is 0 Å². The number of aliphatic hydroxyl groups is 2. The Bertz CT molecular complexity index is 1030. The second-order valence-electron chi connectivity index (χ2n) is 12.9. The molecule has 2 aliphatic rings. The van der Waals surface area contributed by atoms with Crippen molar-refractivity contribution < 1.29 is 62.7 Å². The number of ketones is 2. The summed E-state index contributed by atoms with van der Waals surface area (Å²) in [6.45, 7) is 1.55. The Morgan fingerprint density at radius 3 is 1.38 bits per heavy atom. The van der Waals surface area contributed by atoms with Gasteiger partial charge in [0.2, 0.25) is 11.6 Å². The van der Waals surface area contributed by atoms with Crippen LogP contribution in [0.2, 0.25) is 0 Å². The summed E-state index contributed by atoms with van der Waals surface area (Å²) in [7, 11) is 7.79. The highest BCUT2D eigenvalue weighted by molar-refractivity contribution is 6.00. The first-order valence-electron chi connectivity index (χ1n) is 13.8. The third-order valence-electron chi connectivity index (χ3n) is 8.56. The molecule has 0 aromatic heterocycles. The second kappa shape index (κ2) is 14.5. The van der Waals surface area contributed by atoms with Gasteiger partial charge in [0.1, 0.15) is 13.1 Å². The Morgan fingerprint density at radius 1 is 0.750 bits per heavy atom. The molecule has 1 aromatic rings. The molecule has 2 aliphatic carbocycles. The maximum Gasteiger partial charge on any atom is 0.216 e. The van der Waals surface area contributed by atoms with E-state index in [0.717, 1.165) is 38.5 Å². The Hall–Kier alpha value is -1.66. The van der Waals surface area contributed by atoms with Crippen LogP contribution in [0, 0.1) is 34.5 Å². The Kier molecular flexibility index (Phi) is 13.2. The average Bonchev–Trinajstić information content (AvgIpc) is 2.86. The van der Waals surface area contributed by atoms with E-state index < -0.39 is 11.2 Å². The van der Waals surface area contributed by atoms with E-state index in [1.54, 1.807) is 24.3 Å². The molecule has 0 aliphatic heterocycles. The standard InChI is InChI=1S/C30H44N4O4.2BrH/c1-33(2,17-25-9-5-7-15-29(25,37)21-31)19-27(35)23-11-13-24(14-12-23)28(36)20-34(3,4)18-26-10-6-8-16-30(26,38)22-32;;/h11-14,25-26,37-38H,5-10,15-20H2,1-4H3;2*1H/q+2;;/p-2. The molecule has 0 heterocycles. The summed E-state index contributed by atoms with van der Waals surface area (Å²) in [4.78, 5) is 26.1. The highest BCUT2D eigenvalue weighted by Gasteiger charge is 2.44. The van der Waals surface area contributed by atoms with Gasteiger partial charge in [-0.2, -0.15) is 10.5 Å². The van der Waals surface area contributed by atoms with Gasteiger partial charge >= 0.3 is 0 Å². The van der Waals surface area contributed by atoms with Crippen molar-refractivity contribution in [3.8, 4) is 12.1 Å². The number of halogens is 2. The number of likely N-dealkylation sites (N-methyl/N-ethyl adjacent to an activating group) is 2. The molecule has 8 nitrogen and oxygen atoms in total. The molecule has 3 rings (SSSR count). The quantitative estimate of drug-likeness (QED) is 0.155. The molecule has 4 atom stereocenters. The number of nitrogens with zero attached hydrogens (tertiary/aromatic N) is 4. The zero-order chi connectivity index (χ0) is 28.2. The Balaban J connectivity index is 0.00000400. The highest BCUT2D eigenvalue weighted by Crippen LogP contribution is 2.36. The van der Waals surface area contributed by atoms with Gasteiger partial charge in [-0.05, 0) is 38.5 Å². The molecule has 0 bridgehead atoms. The van der Waals surface area contributed by atoms with E-state index in [2.05, 4.69) is 12.1 Å². The van der Waals surface area contributed by atoms with Gasteiger partial charge in [-0.25, -0.2) is 0 Å². The first-order valence-corrected chi connectivity index (χ1v) is 13.8. The minimum atomic E-state index is -1.32. The van der Waals surface area contributed by atoms with Crippen molar-refractivity contribution in [2.24, 2.45) is 11.8 Å². The van der Waals surface area contributed by atoms with E-state index in [1.165, 1.54) is 0 Å². The Labute approximate surface area is 260 Å². The normalized spacial score (nSPS) is 26.8. The number of nitriles is 2. The Morgan fingerprint density at radius 2 is 1.07 bits per heavy atom. The van der Waals surface area contributed by atoms with Crippen LogP contribution in [-0.4, -0.2) is 96.3 Å². The number of rotatable bonds is 10. The molecule has 0 saturated heterocycles. The topological polar surface area (TPSA) is 122 Å². The largest absolute Gasteiger partial charge is 1.00 e. The number of hydrogen-bond acceptors (Lipinski definition) is 6. The van der Waals surface area contributed by atoms with E-state index >= 15 is 0 Å². The summed E-state index contributed by atoms with van der Waals surface area (Å²) in [6, 6.07) is 11.0. The van der Waals surface area contributed by atoms with Crippen LogP contribution in [0.4, 0.5) is 0 Å². The van der Waals surface area contributed by atoms with Crippen molar-refractivity contribution >= 4 is 11.6 Å². The van der Waals surface area contributed by atoms with E-state index in [9.17, 15) is 30.3 Å². The molecule has 10 heteroatoms. The molecule has 40 heavy (non-hydrogen) atoms. The molecule has 2 saturated carbocycles. The average molecular weight is 685 g/mol. The minimum absolute atomic E-state index is 0. The van der Waals surface area contributed by atoms with Crippen LogP contribution in [0.3, 0.4) is 0 Å². The van der Waals surface area contributed by atoms with Gasteiger partial charge in [-0.15, -0.1) is 0 Å². The molecular formula is C30H44Br2N4O4. The predicted octanol–water partition coefficient (Wildman–Crippen LogP) is -2.90.